The zero-order chi connectivity index (χ0) is 14.1. The first-order chi connectivity index (χ1) is 9.65. The lowest BCUT2D eigenvalue weighted by Gasteiger charge is -2.29. The smallest absolute Gasteiger partial charge is 0.0995 e. The van der Waals surface area contributed by atoms with Crippen LogP contribution >= 0.6 is 27.5 Å². The number of halogens is 2. The molecule has 0 bridgehead atoms. The number of nitrogens with zero attached hydrogens (tertiary/aromatic N) is 2. The molecule has 20 heavy (non-hydrogen) atoms. The summed E-state index contributed by atoms with van der Waals surface area (Å²) in [7, 11) is 0. The van der Waals surface area contributed by atoms with Crippen LogP contribution in [0.2, 0.25) is 5.02 Å². The Morgan fingerprint density at radius 3 is 3.05 bits per heavy atom. The van der Waals surface area contributed by atoms with Crippen molar-refractivity contribution in [3.05, 3.63) is 45.9 Å². The van der Waals surface area contributed by atoms with Crippen molar-refractivity contribution in [2.24, 2.45) is 0 Å². The molecule has 1 saturated heterocycles. The summed E-state index contributed by atoms with van der Waals surface area (Å²) in [6.45, 7) is 2.24. The van der Waals surface area contributed by atoms with Crippen LogP contribution in [-0.2, 0) is 0 Å². The van der Waals surface area contributed by atoms with Crippen LogP contribution in [0.4, 0.5) is 0 Å². The maximum Gasteiger partial charge on any atom is 0.0995 e. The lowest BCUT2D eigenvalue weighted by molar-refractivity contribution is 0.334. The van der Waals surface area contributed by atoms with Crippen molar-refractivity contribution in [3.8, 4) is 5.69 Å². The van der Waals surface area contributed by atoms with Gasteiger partial charge < -0.3 is 9.88 Å². The summed E-state index contributed by atoms with van der Waals surface area (Å²) < 4.78 is 3.14. The normalized spacial score (nSPS) is 22.9. The van der Waals surface area contributed by atoms with Crippen molar-refractivity contribution in [2.45, 2.75) is 38.3 Å². The fraction of sp³-hybridized carbons (Fsp3) is 0.400. The van der Waals surface area contributed by atoms with Gasteiger partial charge in [-0.15, -0.1) is 0 Å². The largest absolute Gasteiger partial charge is 0.306 e. The third-order valence-corrected chi connectivity index (χ3v) is 4.71. The van der Waals surface area contributed by atoms with Crippen LogP contribution in [0.1, 0.15) is 37.9 Å². The van der Waals surface area contributed by atoms with Gasteiger partial charge in [-0.2, -0.15) is 0 Å². The van der Waals surface area contributed by atoms with Crippen LogP contribution in [0.15, 0.2) is 35.2 Å². The topological polar surface area (TPSA) is 29.9 Å². The molecule has 0 aliphatic carbocycles. The molecular formula is C15H17BrClN3. The highest BCUT2D eigenvalue weighted by atomic mass is 79.9. The van der Waals surface area contributed by atoms with Crippen molar-refractivity contribution in [1.29, 1.82) is 0 Å². The van der Waals surface area contributed by atoms with Gasteiger partial charge in [0.2, 0.25) is 0 Å². The SMILES string of the molecule is CC1CCCC(c2cncn2-c2cc(Cl)ccc2Br)N1. The van der Waals surface area contributed by atoms with Crippen molar-refractivity contribution >= 4 is 27.5 Å². The highest BCUT2D eigenvalue weighted by Crippen LogP contribution is 2.30. The van der Waals surface area contributed by atoms with Gasteiger partial charge in [-0.05, 0) is 60.3 Å². The minimum atomic E-state index is 0.354. The maximum absolute atomic E-state index is 6.12. The Kier molecular flexibility index (Phi) is 4.15. The standard InChI is InChI=1S/C15H17BrClN3/c1-10-3-2-4-13(19-10)15-8-18-9-20(15)14-7-11(17)5-6-12(14)16/h5-10,13,19H,2-4H2,1H3. The van der Waals surface area contributed by atoms with Gasteiger partial charge in [-0.3, -0.25) is 0 Å². The minimum Gasteiger partial charge on any atom is -0.306 e. The molecule has 2 heterocycles. The second-order valence-electron chi connectivity index (χ2n) is 5.34. The molecule has 5 heteroatoms. The van der Waals surface area contributed by atoms with E-state index in [0.717, 1.165) is 21.6 Å². The number of imidazole rings is 1. The van der Waals surface area contributed by atoms with Crippen molar-refractivity contribution in [1.82, 2.24) is 14.9 Å². The summed E-state index contributed by atoms with van der Waals surface area (Å²) in [5.41, 5.74) is 2.23. The summed E-state index contributed by atoms with van der Waals surface area (Å²) in [5.74, 6) is 0. The van der Waals surface area contributed by atoms with Crippen LogP contribution in [0.25, 0.3) is 5.69 Å². The summed E-state index contributed by atoms with van der Waals surface area (Å²) in [5, 5.41) is 4.38. The fourth-order valence-corrected chi connectivity index (χ4v) is 3.41. The van der Waals surface area contributed by atoms with Gasteiger partial charge in [-0.1, -0.05) is 11.6 Å². The average Bonchev–Trinajstić information content (AvgIpc) is 2.90. The lowest BCUT2D eigenvalue weighted by Crippen LogP contribution is -2.35. The van der Waals surface area contributed by atoms with Gasteiger partial charge in [0.25, 0.3) is 0 Å². The van der Waals surface area contributed by atoms with Gasteiger partial charge >= 0.3 is 0 Å². The summed E-state index contributed by atoms with van der Waals surface area (Å²) in [6, 6.07) is 6.72. The van der Waals surface area contributed by atoms with Crippen molar-refractivity contribution in [3.63, 3.8) is 0 Å². The van der Waals surface area contributed by atoms with E-state index >= 15 is 0 Å². The molecule has 3 rings (SSSR count). The van der Waals surface area contributed by atoms with Crippen LogP contribution in [0.5, 0.6) is 0 Å². The first-order valence-corrected chi connectivity index (χ1v) is 8.06. The monoisotopic (exact) mass is 353 g/mol. The van der Waals surface area contributed by atoms with Crippen LogP contribution in [0, 0.1) is 0 Å². The second kappa shape index (κ2) is 5.88. The molecule has 0 radical (unpaired) electrons. The quantitative estimate of drug-likeness (QED) is 0.861. The van der Waals surface area contributed by atoms with E-state index in [9.17, 15) is 0 Å². The van der Waals surface area contributed by atoms with E-state index < -0.39 is 0 Å². The maximum atomic E-state index is 6.12. The highest BCUT2D eigenvalue weighted by Gasteiger charge is 2.23. The van der Waals surface area contributed by atoms with E-state index in [4.69, 9.17) is 11.6 Å². The fourth-order valence-electron chi connectivity index (χ4n) is 2.81. The summed E-state index contributed by atoms with van der Waals surface area (Å²) in [6.07, 6.45) is 7.44. The number of hydrogen-bond donors (Lipinski definition) is 1. The molecule has 1 fully saturated rings. The predicted octanol–water partition coefficient (Wildman–Crippen LogP) is 4.49. The molecule has 0 spiro atoms. The van der Waals surface area contributed by atoms with E-state index in [1.807, 2.05) is 30.7 Å². The molecule has 1 N–H and O–H groups in total. The molecule has 2 aromatic rings. The Morgan fingerprint density at radius 2 is 2.25 bits per heavy atom. The average molecular weight is 355 g/mol. The van der Waals surface area contributed by atoms with Gasteiger partial charge in [0.05, 0.1) is 23.9 Å². The van der Waals surface area contributed by atoms with Gasteiger partial charge in [0.15, 0.2) is 0 Å². The number of hydrogen-bond acceptors (Lipinski definition) is 2. The molecule has 1 aliphatic heterocycles. The zero-order valence-corrected chi connectivity index (χ0v) is 13.7. The number of piperidine rings is 1. The second-order valence-corrected chi connectivity index (χ2v) is 6.63. The van der Waals surface area contributed by atoms with E-state index in [2.05, 4.69) is 37.7 Å². The van der Waals surface area contributed by atoms with E-state index in [0.29, 0.717) is 12.1 Å². The van der Waals surface area contributed by atoms with Crippen molar-refractivity contribution < 1.29 is 0 Å². The molecule has 0 saturated carbocycles. The third-order valence-electron chi connectivity index (χ3n) is 3.81. The first-order valence-electron chi connectivity index (χ1n) is 6.89. The Hall–Kier alpha value is -0.840. The molecule has 1 aliphatic rings. The molecule has 2 unspecified atom stereocenters. The van der Waals surface area contributed by atoms with E-state index in [1.54, 1.807) is 0 Å². The third kappa shape index (κ3) is 2.78. The summed E-state index contributed by atoms with van der Waals surface area (Å²) >= 11 is 9.72. The van der Waals surface area contributed by atoms with Crippen molar-refractivity contribution in [2.75, 3.05) is 0 Å². The highest BCUT2D eigenvalue weighted by molar-refractivity contribution is 9.10. The van der Waals surface area contributed by atoms with Gasteiger partial charge in [0, 0.05) is 21.6 Å². The number of nitrogens with one attached hydrogen (secondary N) is 1. The molecular weight excluding hydrogens is 338 g/mol. The Bertz CT molecular complexity index is 611. The Morgan fingerprint density at radius 1 is 1.40 bits per heavy atom. The number of benzene rings is 1. The lowest BCUT2D eigenvalue weighted by atomic mass is 9.97. The zero-order valence-electron chi connectivity index (χ0n) is 11.3. The molecule has 0 amide bonds. The van der Waals surface area contributed by atoms with Gasteiger partial charge in [0.1, 0.15) is 0 Å². The van der Waals surface area contributed by atoms with E-state index in [1.165, 1.54) is 18.5 Å². The molecule has 2 atom stereocenters. The van der Waals surface area contributed by atoms with Crippen LogP contribution in [0.3, 0.4) is 0 Å². The predicted molar refractivity (Wildman–Crippen MR) is 85.5 cm³/mol. The van der Waals surface area contributed by atoms with Crippen LogP contribution < -0.4 is 5.32 Å². The summed E-state index contributed by atoms with van der Waals surface area (Å²) in [4.78, 5) is 4.33. The molecule has 3 nitrogen and oxygen atoms in total. The van der Waals surface area contributed by atoms with E-state index in [-0.39, 0.29) is 0 Å². The van der Waals surface area contributed by atoms with Gasteiger partial charge in [-0.25, -0.2) is 4.98 Å². The number of aromatic nitrogens is 2. The Balaban J connectivity index is 1.99. The first kappa shape index (κ1) is 14.1. The molecule has 1 aromatic heterocycles. The van der Waals surface area contributed by atoms with Crippen LogP contribution in [-0.4, -0.2) is 15.6 Å². The minimum absolute atomic E-state index is 0.354. The Labute approximate surface area is 132 Å². The molecule has 106 valence electrons. The number of rotatable bonds is 2. The molecule has 1 aromatic carbocycles.